The lowest BCUT2D eigenvalue weighted by atomic mass is 10.1. The summed E-state index contributed by atoms with van der Waals surface area (Å²) in [5.74, 6) is 0.268. The first-order chi connectivity index (χ1) is 13.3. The molecule has 0 atom stereocenters. The smallest absolute Gasteiger partial charge is 0.257 e. The molecule has 2 aromatic heterocycles. The summed E-state index contributed by atoms with van der Waals surface area (Å²) in [6.45, 7) is 7.13. The fourth-order valence-corrected chi connectivity index (χ4v) is 4.52. The van der Waals surface area contributed by atoms with E-state index in [1.807, 2.05) is 38.1 Å². The molecule has 0 aliphatic heterocycles. The third-order valence-corrected chi connectivity index (χ3v) is 5.99. The van der Waals surface area contributed by atoms with E-state index in [0.717, 1.165) is 17.0 Å². The maximum Gasteiger partial charge on any atom is 0.257 e. The normalized spacial score (nSPS) is 10.7. The second-order valence-electron chi connectivity index (χ2n) is 6.32. The van der Waals surface area contributed by atoms with Crippen molar-refractivity contribution in [3.63, 3.8) is 0 Å². The van der Waals surface area contributed by atoms with E-state index in [4.69, 9.17) is 0 Å². The highest BCUT2D eigenvalue weighted by atomic mass is 32.2. The summed E-state index contributed by atoms with van der Waals surface area (Å²) < 4.78 is 0. The molecular formula is C20H20N4O2S2. The van der Waals surface area contributed by atoms with Crippen LogP contribution in [-0.4, -0.2) is 26.6 Å². The fourth-order valence-electron chi connectivity index (χ4n) is 2.71. The zero-order chi connectivity index (χ0) is 20.3. The number of aryl methyl sites for hydroxylation is 3. The number of rotatable bonds is 6. The molecule has 28 heavy (non-hydrogen) atoms. The molecular weight excluding hydrogens is 392 g/mol. The van der Waals surface area contributed by atoms with Crippen LogP contribution in [0.3, 0.4) is 0 Å². The van der Waals surface area contributed by atoms with Crippen molar-refractivity contribution in [1.82, 2.24) is 15.0 Å². The average molecular weight is 413 g/mol. The molecule has 6 nitrogen and oxygen atoms in total. The molecule has 0 radical (unpaired) electrons. The highest BCUT2D eigenvalue weighted by Crippen LogP contribution is 2.26. The molecule has 0 fully saturated rings. The molecule has 1 aromatic carbocycles. The first-order valence-electron chi connectivity index (χ1n) is 8.66. The molecule has 0 unspecified atom stereocenters. The van der Waals surface area contributed by atoms with Gasteiger partial charge in [0.25, 0.3) is 5.91 Å². The predicted octanol–water partition coefficient (Wildman–Crippen LogP) is 4.61. The number of amides is 1. The number of carbonyl (C=O) groups excluding carboxylic acids is 2. The Bertz CT molecular complexity index is 1030. The van der Waals surface area contributed by atoms with Crippen LogP contribution in [0.25, 0.3) is 0 Å². The SMILES string of the molecule is CC(=O)c1sc(NC(=O)c2ccccc2CSc2nc(C)cc(C)n2)nc1C. The number of ketones is 1. The maximum absolute atomic E-state index is 12.8. The number of carbonyl (C=O) groups is 2. The number of hydrogen-bond donors (Lipinski definition) is 1. The van der Waals surface area contributed by atoms with E-state index < -0.39 is 0 Å². The molecule has 0 bridgehead atoms. The van der Waals surface area contributed by atoms with Crippen LogP contribution in [0.5, 0.6) is 0 Å². The lowest BCUT2D eigenvalue weighted by molar-refractivity contribution is 0.101. The molecule has 144 valence electrons. The minimum Gasteiger partial charge on any atom is -0.298 e. The van der Waals surface area contributed by atoms with Gasteiger partial charge in [0.1, 0.15) is 0 Å². The van der Waals surface area contributed by atoms with Crippen LogP contribution < -0.4 is 5.32 Å². The van der Waals surface area contributed by atoms with Gasteiger partial charge in [-0.3, -0.25) is 14.9 Å². The van der Waals surface area contributed by atoms with Gasteiger partial charge in [0.2, 0.25) is 0 Å². The minimum absolute atomic E-state index is 0.0549. The van der Waals surface area contributed by atoms with Crippen molar-refractivity contribution in [1.29, 1.82) is 0 Å². The number of nitrogens with zero attached hydrogens (tertiary/aromatic N) is 3. The van der Waals surface area contributed by atoms with Gasteiger partial charge in [-0.1, -0.05) is 41.3 Å². The molecule has 3 rings (SSSR count). The zero-order valence-corrected chi connectivity index (χ0v) is 17.7. The number of thioether (sulfide) groups is 1. The Morgan fingerprint density at radius 3 is 2.39 bits per heavy atom. The van der Waals surface area contributed by atoms with E-state index in [1.165, 1.54) is 30.0 Å². The van der Waals surface area contributed by atoms with Crippen LogP contribution in [0.2, 0.25) is 0 Å². The predicted molar refractivity (Wildman–Crippen MR) is 112 cm³/mol. The van der Waals surface area contributed by atoms with Crippen molar-refractivity contribution < 1.29 is 9.59 Å². The Morgan fingerprint density at radius 2 is 1.75 bits per heavy atom. The number of Topliss-reactive ketones (excluding diaryl/α,β-unsaturated/α-hetero) is 1. The van der Waals surface area contributed by atoms with Crippen molar-refractivity contribution in [2.75, 3.05) is 5.32 Å². The average Bonchev–Trinajstić information content (AvgIpc) is 3.00. The summed E-state index contributed by atoms with van der Waals surface area (Å²) in [7, 11) is 0. The Morgan fingerprint density at radius 1 is 1.07 bits per heavy atom. The Hall–Kier alpha value is -2.58. The zero-order valence-electron chi connectivity index (χ0n) is 16.1. The second kappa shape index (κ2) is 8.62. The third kappa shape index (κ3) is 4.82. The summed E-state index contributed by atoms with van der Waals surface area (Å²) in [6, 6.07) is 9.34. The van der Waals surface area contributed by atoms with Crippen molar-refractivity contribution in [3.8, 4) is 0 Å². The molecule has 2 heterocycles. The van der Waals surface area contributed by atoms with Crippen molar-refractivity contribution in [2.45, 2.75) is 38.6 Å². The highest BCUT2D eigenvalue weighted by molar-refractivity contribution is 7.98. The van der Waals surface area contributed by atoms with E-state index in [-0.39, 0.29) is 11.7 Å². The summed E-state index contributed by atoms with van der Waals surface area (Å²) in [5.41, 5.74) is 3.91. The maximum atomic E-state index is 12.8. The molecule has 3 aromatic rings. The molecule has 0 saturated heterocycles. The highest BCUT2D eigenvalue weighted by Gasteiger charge is 2.16. The number of thiazole rings is 1. The van der Waals surface area contributed by atoms with Gasteiger partial charge in [0.05, 0.1) is 10.6 Å². The third-order valence-electron chi connectivity index (χ3n) is 3.92. The number of hydrogen-bond acceptors (Lipinski definition) is 7. The summed E-state index contributed by atoms with van der Waals surface area (Å²) in [6.07, 6.45) is 0. The molecule has 0 spiro atoms. The number of nitrogens with one attached hydrogen (secondary N) is 1. The Balaban J connectivity index is 1.76. The van der Waals surface area contributed by atoms with Crippen molar-refractivity contribution in [3.05, 3.63) is 63.4 Å². The van der Waals surface area contributed by atoms with Crippen LogP contribution in [0.1, 0.15) is 49.6 Å². The van der Waals surface area contributed by atoms with E-state index in [2.05, 4.69) is 20.3 Å². The minimum atomic E-state index is -0.249. The van der Waals surface area contributed by atoms with Gasteiger partial charge in [-0.2, -0.15) is 0 Å². The first-order valence-corrected chi connectivity index (χ1v) is 10.5. The van der Waals surface area contributed by atoms with Crippen molar-refractivity contribution in [2.24, 2.45) is 0 Å². The standard InChI is InChI=1S/C20H20N4O2S2/c1-11-9-12(2)22-19(21-11)27-10-15-7-5-6-8-16(15)18(26)24-20-23-13(3)17(28-20)14(4)25/h5-9H,10H2,1-4H3,(H,23,24,26). The fraction of sp³-hybridized carbons (Fsp3) is 0.250. The second-order valence-corrected chi connectivity index (χ2v) is 8.26. The topological polar surface area (TPSA) is 84.8 Å². The van der Waals surface area contributed by atoms with E-state index >= 15 is 0 Å². The molecule has 0 aliphatic rings. The van der Waals surface area contributed by atoms with E-state index in [1.54, 1.807) is 13.0 Å². The van der Waals surface area contributed by atoms with Crippen LogP contribution in [0, 0.1) is 20.8 Å². The van der Waals surface area contributed by atoms with Crippen molar-refractivity contribution >= 4 is 39.9 Å². The Labute approximate surface area is 171 Å². The van der Waals surface area contributed by atoms with Gasteiger partial charge in [0.15, 0.2) is 16.1 Å². The largest absolute Gasteiger partial charge is 0.298 e. The monoisotopic (exact) mass is 412 g/mol. The van der Waals surface area contributed by atoms with Crippen LogP contribution in [-0.2, 0) is 5.75 Å². The van der Waals surface area contributed by atoms with Crippen LogP contribution in [0.4, 0.5) is 5.13 Å². The van der Waals surface area contributed by atoms with Gasteiger partial charge in [-0.15, -0.1) is 0 Å². The Kier molecular flexibility index (Phi) is 6.21. The lowest BCUT2D eigenvalue weighted by Crippen LogP contribution is -2.14. The summed E-state index contributed by atoms with van der Waals surface area (Å²) in [4.78, 5) is 38.1. The van der Waals surface area contributed by atoms with Gasteiger partial charge in [-0.25, -0.2) is 15.0 Å². The summed E-state index contributed by atoms with van der Waals surface area (Å²) in [5, 5.41) is 3.92. The lowest BCUT2D eigenvalue weighted by Gasteiger charge is -2.09. The first kappa shape index (κ1) is 20.2. The molecule has 1 N–H and O–H groups in total. The van der Waals surface area contributed by atoms with Gasteiger partial charge < -0.3 is 0 Å². The summed E-state index contributed by atoms with van der Waals surface area (Å²) >= 11 is 2.68. The van der Waals surface area contributed by atoms with E-state index in [9.17, 15) is 9.59 Å². The number of aromatic nitrogens is 3. The number of anilines is 1. The molecule has 8 heteroatoms. The van der Waals surface area contributed by atoms with Gasteiger partial charge in [0, 0.05) is 29.6 Å². The van der Waals surface area contributed by atoms with Crippen LogP contribution in [0.15, 0.2) is 35.5 Å². The number of benzene rings is 1. The molecule has 0 aliphatic carbocycles. The van der Waals surface area contributed by atoms with Gasteiger partial charge in [-0.05, 0) is 38.5 Å². The molecule has 1 amide bonds. The quantitative estimate of drug-likeness (QED) is 0.362. The van der Waals surface area contributed by atoms with E-state index in [0.29, 0.717) is 32.2 Å². The van der Waals surface area contributed by atoms with Crippen LogP contribution >= 0.6 is 23.1 Å². The van der Waals surface area contributed by atoms with Gasteiger partial charge >= 0.3 is 0 Å². The molecule has 0 saturated carbocycles.